The van der Waals surface area contributed by atoms with Gasteiger partial charge < -0.3 is 23.9 Å². The van der Waals surface area contributed by atoms with E-state index in [1.165, 1.54) is 0 Å². The van der Waals surface area contributed by atoms with Crippen molar-refractivity contribution in [2.24, 2.45) is 0 Å². The molecule has 0 aliphatic carbocycles. The molecule has 0 aromatic heterocycles. The Balaban J connectivity index is 3.89. The van der Waals surface area contributed by atoms with Crippen LogP contribution in [0.4, 0.5) is 0 Å². The van der Waals surface area contributed by atoms with E-state index in [0.717, 1.165) is 38.6 Å². The van der Waals surface area contributed by atoms with Crippen LogP contribution in [0.25, 0.3) is 0 Å². The van der Waals surface area contributed by atoms with Crippen LogP contribution < -0.4 is 10.6 Å². The molecule has 1 radical (unpaired) electrons. The molecule has 0 aliphatic rings. The van der Waals surface area contributed by atoms with Crippen molar-refractivity contribution in [3.05, 3.63) is 6.92 Å². The molecule has 6 heteroatoms. The first-order valence-electron chi connectivity index (χ1n) is 7.37. The van der Waals surface area contributed by atoms with E-state index >= 15 is 0 Å². The summed E-state index contributed by atoms with van der Waals surface area (Å²) < 4.78 is 17.4. The quantitative estimate of drug-likeness (QED) is 0.375. The van der Waals surface area contributed by atoms with Crippen molar-refractivity contribution in [3.8, 4) is 0 Å². The molecule has 0 spiro atoms. The van der Waals surface area contributed by atoms with Crippen LogP contribution in [0.15, 0.2) is 0 Å². The van der Waals surface area contributed by atoms with Crippen molar-refractivity contribution in [1.29, 1.82) is 0 Å². The lowest BCUT2D eigenvalue weighted by Gasteiger charge is -2.28. The molecule has 115 valence electrons. The van der Waals surface area contributed by atoms with Gasteiger partial charge in [-0.3, -0.25) is 0 Å². The van der Waals surface area contributed by atoms with E-state index in [4.69, 9.17) is 13.3 Å². The molecule has 19 heavy (non-hydrogen) atoms. The molecule has 0 aromatic carbocycles. The highest BCUT2D eigenvalue weighted by atomic mass is 28.4. The van der Waals surface area contributed by atoms with Gasteiger partial charge in [0.25, 0.3) is 0 Å². The second kappa shape index (κ2) is 13.0. The van der Waals surface area contributed by atoms with Crippen molar-refractivity contribution < 1.29 is 13.3 Å². The lowest BCUT2D eigenvalue weighted by Crippen LogP contribution is -2.46. The average molecular weight is 291 g/mol. The smallest absolute Gasteiger partial charge is 0.374 e. The molecule has 2 N–H and O–H groups in total. The lowest BCUT2D eigenvalue weighted by atomic mass is 10.4. The molecular formula is C13H31N2O3Si. The number of nitrogens with one attached hydrogen (secondary N) is 2. The average Bonchev–Trinajstić information content (AvgIpc) is 2.39. The van der Waals surface area contributed by atoms with Crippen LogP contribution in [-0.4, -0.2) is 54.8 Å². The third-order valence-electron chi connectivity index (χ3n) is 2.58. The summed E-state index contributed by atoms with van der Waals surface area (Å²) in [5.41, 5.74) is 0. The Morgan fingerprint density at radius 2 is 1.37 bits per heavy atom. The highest BCUT2D eigenvalue weighted by molar-refractivity contribution is 6.60. The fourth-order valence-corrected chi connectivity index (χ4v) is 4.47. The van der Waals surface area contributed by atoms with Crippen LogP contribution in [-0.2, 0) is 13.3 Å². The normalized spacial score (nSPS) is 12.0. The van der Waals surface area contributed by atoms with Gasteiger partial charge in [0.1, 0.15) is 0 Å². The van der Waals surface area contributed by atoms with Crippen LogP contribution in [0.5, 0.6) is 0 Å². The Bertz CT molecular complexity index is 180. The lowest BCUT2D eigenvalue weighted by molar-refractivity contribution is 0.0708. The third-order valence-corrected chi connectivity index (χ3v) is 5.74. The van der Waals surface area contributed by atoms with Gasteiger partial charge in [-0.25, -0.2) is 0 Å². The minimum Gasteiger partial charge on any atom is -0.374 e. The topological polar surface area (TPSA) is 51.8 Å². The molecule has 0 unspecified atom stereocenters. The Morgan fingerprint density at radius 3 is 1.84 bits per heavy atom. The molecule has 0 bridgehead atoms. The Kier molecular flexibility index (Phi) is 13.0. The number of hydrogen-bond donors (Lipinski definition) is 2. The minimum absolute atomic E-state index is 0.646. The zero-order chi connectivity index (χ0) is 14.4. The number of hydrogen-bond acceptors (Lipinski definition) is 5. The molecule has 0 heterocycles. The molecular weight excluding hydrogens is 260 g/mol. The van der Waals surface area contributed by atoms with E-state index in [-0.39, 0.29) is 0 Å². The van der Waals surface area contributed by atoms with Crippen molar-refractivity contribution in [3.63, 3.8) is 0 Å². The van der Waals surface area contributed by atoms with Crippen LogP contribution in [0.3, 0.4) is 0 Å². The molecule has 0 atom stereocenters. The summed E-state index contributed by atoms with van der Waals surface area (Å²) in [5, 5.41) is 6.56. The molecule has 0 fully saturated rings. The van der Waals surface area contributed by atoms with Gasteiger partial charge >= 0.3 is 8.80 Å². The third kappa shape index (κ3) is 9.54. The predicted molar refractivity (Wildman–Crippen MR) is 81.2 cm³/mol. The zero-order valence-corrected chi connectivity index (χ0v) is 13.8. The first-order valence-corrected chi connectivity index (χ1v) is 9.30. The Morgan fingerprint density at radius 1 is 0.842 bits per heavy atom. The Hall–Kier alpha value is 0.0169. The summed E-state index contributed by atoms with van der Waals surface area (Å²) in [7, 11) is -2.44. The first kappa shape index (κ1) is 19.0. The van der Waals surface area contributed by atoms with Crippen molar-refractivity contribution >= 4 is 8.80 Å². The van der Waals surface area contributed by atoms with Gasteiger partial charge in [0, 0.05) is 39.0 Å². The van der Waals surface area contributed by atoms with Crippen molar-refractivity contribution in [1.82, 2.24) is 10.6 Å². The van der Waals surface area contributed by atoms with Crippen molar-refractivity contribution in [2.45, 2.75) is 33.2 Å². The fraction of sp³-hybridized carbons (Fsp3) is 0.923. The minimum atomic E-state index is -2.44. The maximum Gasteiger partial charge on any atom is 0.500 e. The second-order valence-electron chi connectivity index (χ2n) is 4.09. The molecule has 0 amide bonds. The summed E-state index contributed by atoms with van der Waals surface area (Å²) in [6.45, 7) is 15.3. The van der Waals surface area contributed by atoms with Gasteiger partial charge in [0.15, 0.2) is 0 Å². The SMILES string of the molecule is [CH2]CNCCNCCC[Si](OCC)(OCC)OCC. The van der Waals surface area contributed by atoms with Crippen LogP contribution in [0.1, 0.15) is 27.2 Å². The van der Waals surface area contributed by atoms with E-state index < -0.39 is 8.80 Å². The van der Waals surface area contributed by atoms with Crippen LogP contribution in [0, 0.1) is 6.92 Å². The standard InChI is InChI=1S/C13H31N2O3Si/c1-5-14-11-12-15-10-9-13-19(16-6-2,17-7-3)18-8-4/h14-15H,1,5-13H2,2-4H3. The zero-order valence-electron chi connectivity index (χ0n) is 12.8. The molecule has 0 aliphatic heterocycles. The summed E-state index contributed by atoms with van der Waals surface area (Å²) in [6, 6.07) is 0.873. The molecule has 5 nitrogen and oxygen atoms in total. The van der Waals surface area contributed by atoms with Gasteiger partial charge in [0.05, 0.1) is 0 Å². The highest BCUT2D eigenvalue weighted by Crippen LogP contribution is 2.17. The second-order valence-corrected chi connectivity index (χ2v) is 6.82. The van der Waals surface area contributed by atoms with Gasteiger partial charge in [0.2, 0.25) is 0 Å². The largest absolute Gasteiger partial charge is 0.500 e. The van der Waals surface area contributed by atoms with E-state index in [1.54, 1.807) is 0 Å². The molecule has 0 rings (SSSR count). The van der Waals surface area contributed by atoms with Crippen LogP contribution in [0.2, 0.25) is 6.04 Å². The maximum atomic E-state index is 5.80. The van der Waals surface area contributed by atoms with E-state index in [9.17, 15) is 0 Å². The maximum absolute atomic E-state index is 5.80. The summed E-state index contributed by atoms with van der Waals surface area (Å²) in [6.07, 6.45) is 1.01. The number of rotatable bonds is 14. The summed E-state index contributed by atoms with van der Waals surface area (Å²) >= 11 is 0. The first-order chi connectivity index (χ1) is 9.24. The van der Waals surface area contributed by atoms with E-state index in [1.807, 2.05) is 20.8 Å². The van der Waals surface area contributed by atoms with Crippen LogP contribution >= 0.6 is 0 Å². The summed E-state index contributed by atoms with van der Waals surface area (Å²) in [4.78, 5) is 0. The molecule has 0 saturated carbocycles. The van der Waals surface area contributed by atoms with Gasteiger partial charge in [-0.15, -0.1) is 0 Å². The molecule has 0 aromatic rings. The van der Waals surface area contributed by atoms with E-state index in [2.05, 4.69) is 17.6 Å². The van der Waals surface area contributed by atoms with Gasteiger partial charge in [-0.2, -0.15) is 0 Å². The predicted octanol–water partition coefficient (Wildman–Crippen LogP) is 1.44. The monoisotopic (exact) mass is 291 g/mol. The van der Waals surface area contributed by atoms with Gasteiger partial charge in [-0.05, 0) is 47.2 Å². The van der Waals surface area contributed by atoms with Gasteiger partial charge in [-0.1, -0.05) is 0 Å². The fourth-order valence-electron chi connectivity index (χ4n) is 1.86. The Labute approximate surface area is 119 Å². The van der Waals surface area contributed by atoms with Crippen molar-refractivity contribution in [2.75, 3.05) is 46.0 Å². The summed E-state index contributed by atoms with van der Waals surface area (Å²) in [5.74, 6) is 0. The molecule has 0 saturated heterocycles. The van der Waals surface area contributed by atoms with E-state index in [0.29, 0.717) is 19.8 Å². The highest BCUT2D eigenvalue weighted by Gasteiger charge is 2.39.